The fourth-order valence-corrected chi connectivity index (χ4v) is 1.39. The fourth-order valence-electron chi connectivity index (χ4n) is 1.39. The van der Waals surface area contributed by atoms with Crippen LogP contribution in [0.2, 0.25) is 0 Å². The van der Waals surface area contributed by atoms with Gasteiger partial charge in [0, 0.05) is 7.05 Å². The number of amides is 2. The number of urea groups is 1. The van der Waals surface area contributed by atoms with Crippen LogP contribution in [-0.2, 0) is 6.61 Å². The highest BCUT2D eigenvalue weighted by atomic mass is 19.1. The van der Waals surface area contributed by atoms with Gasteiger partial charge in [-0.3, -0.25) is 0 Å². The minimum atomic E-state index is -1.09. The molecule has 0 saturated heterocycles. The lowest BCUT2D eigenvalue weighted by Crippen LogP contribution is -2.24. The van der Waals surface area contributed by atoms with E-state index in [0.717, 1.165) is 0 Å². The van der Waals surface area contributed by atoms with E-state index in [1.54, 1.807) is 12.1 Å². The summed E-state index contributed by atoms with van der Waals surface area (Å²) >= 11 is 0. The first kappa shape index (κ1) is 17.9. The number of nitrogens with one attached hydrogen (secondary N) is 1. The van der Waals surface area contributed by atoms with Crippen molar-refractivity contribution in [1.29, 1.82) is 0 Å². The quantitative estimate of drug-likeness (QED) is 0.794. The summed E-state index contributed by atoms with van der Waals surface area (Å²) in [6.07, 6.45) is 1.32. The van der Waals surface area contributed by atoms with Gasteiger partial charge in [0.25, 0.3) is 0 Å². The summed E-state index contributed by atoms with van der Waals surface area (Å²) in [6.45, 7) is 0.200. The average Bonchev–Trinajstić information content (AvgIpc) is 2.54. The second-order valence-corrected chi connectivity index (χ2v) is 4.22. The Bertz CT molecular complexity index is 662. The van der Waals surface area contributed by atoms with Gasteiger partial charge < -0.3 is 20.9 Å². The Kier molecular flexibility index (Phi) is 6.99. The standard InChI is InChI=1S/C13H10FNO3.C2H6N2O/c14-10-3-1-2-9(6-10)8-18-11-4-5-12(13(16)17)15-7-11;1-4-2(3)5/h1-7H,8H2,(H,16,17);1H3,(H3,3,4,5). The molecule has 2 amide bonds. The van der Waals surface area contributed by atoms with Crippen molar-refractivity contribution in [3.8, 4) is 5.75 Å². The van der Waals surface area contributed by atoms with Gasteiger partial charge in [-0.05, 0) is 29.8 Å². The van der Waals surface area contributed by atoms with Crippen LogP contribution in [0.4, 0.5) is 9.18 Å². The number of benzene rings is 1. The number of carboxylic acid groups (broad SMARTS) is 1. The van der Waals surface area contributed by atoms with Crippen LogP contribution in [0.1, 0.15) is 16.1 Å². The minimum Gasteiger partial charge on any atom is -0.487 e. The Morgan fingerprint density at radius 1 is 1.35 bits per heavy atom. The van der Waals surface area contributed by atoms with Gasteiger partial charge in [0.1, 0.15) is 23.9 Å². The molecule has 1 aromatic heterocycles. The molecular weight excluding hydrogens is 305 g/mol. The monoisotopic (exact) mass is 321 g/mol. The Balaban J connectivity index is 0.000000463. The highest BCUT2D eigenvalue weighted by Gasteiger charge is 2.04. The first-order valence-corrected chi connectivity index (χ1v) is 6.46. The third-order valence-corrected chi connectivity index (χ3v) is 2.50. The fraction of sp³-hybridized carbons (Fsp3) is 0.133. The molecule has 0 fully saturated rings. The molecule has 0 radical (unpaired) electrons. The zero-order valence-corrected chi connectivity index (χ0v) is 12.3. The molecule has 0 aliphatic heterocycles. The highest BCUT2D eigenvalue weighted by Crippen LogP contribution is 2.12. The van der Waals surface area contributed by atoms with E-state index in [2.05, 4.69) is 16.0 Å². The van der Waals surface area contributed by atoms with E-state index in [1.807, 2.05) is 0 Å². The SMILES string of the molecule is CNC(N)=O.O=C(O)c1ccc(OCc2cccc(F)c2)cn1. The van der Waals surface area contributed by atoms with Crippen molar-refractivity contribution < 1.29 is 23.8 Å². The normalized spacial score (nSPS) is 9.30. The predicted octanol–water partition coefficient (Wildman–Crippen LogP) is 1.78. The van der Waals surface area contributed by atoms with E-state index in [-0.39, 0.29) is 18.1 Å². The second kappa shape index (κ2) is 8.98. The summed E-state index contributed by atoms with van der Waals surface area (Å²) in [5.74, 6) is -0.980. The lowest BCUT2D eigenvalue weighted by molar-refractivity contribution is 0.0690. The van der Waals surface area contributed by atoms with Crippen molar-refractivity contribution >= 4 is 12.0 Å². The Hall–Kier alpha value is -3.16. The van der Waals surface area contributed by atoms with E-state index in [1.165, 1.54) is 37.5 Å². The predicted molar refractivity (Wildman–Crippen MR) is 80.6 cm³/mol. The van der Waals surface area contributed by atoms with Gasteiger partial charge in [0.05, 0.1) is 6.20 Å². The number of rotatable bonds is 4. The number of aromatic nitrogens is 1. The van der Waals surface area contributed by atoms with Crippen LogP contribution in [0.5, 0.6) is 5.75 Å². The number of carbonyl (C=O) groups is 2. The smallest absolute Gasteiger partial charge is 0.354 e. The van der Waals surface area contributed by atoms with Crippen LogP contribution in [0.3, 0.4) is 0 Å². The van der Waals surface area contributed by atoms with Crippen LogP contribution < -0.4 is 15.8 Å². The van der Waals surface area contributed by atoms with Crippen molar-refractivity contribution in [3.63, 3.8) is 0 Å². The van der Waals surface area contributed by atoms with Gasteiger partial charge in [-0.25, -0.2) is 19.0 Å². The van der Waals surface area contributed by atoms with Crippen LogP contribution in [0.25, 0.3) is 0 Å². The molecule has 8 heteroatoms. The summed E-state index contributed by atoms with van der Waals surface area (Å²) in [5.41, 5.74) is 5.19. The summed E-state index contributed by atoms with van der Waals surface area (Å²) in [7, 11) is 1.47. The number of primary amides is 1. The molecule has 0 saturated carbocycles. The molecule has 23 heavy (non-hydrogen) atoms. The molecule has 0 atom stereocenters. The summed E-state index contributed by atoms with van der Waals surface area (Å²) in [6, 6.07) is 8.43. The molecule has 4 N–H and O–H groups in total. The van der Waals surface area contributed by atoms with Gasteiger partial charge in [-0.2, -0.15) is 0 Å². The maximum absolute atomic E-state index is 12.9. The van der Waals surface area contributed by atoms with Gasteiger partial charge in [-0.1, -0.05) is 12.1 Å². The van der Waals surface area contributed by atoms with Gasteiger partial charge >= 0.3 is 12.0 Å². The third-order valence-electron chi connectivity index (χ3n) is 2.50. The molecule has 2 aromatic rings. The molecule has 7 nitrogen and oxygen atoms in total. The van der Waals surface area contributed by atoms with Crippen molar-refractivity contribution in [3.05, 3.63) is 59.7 Å². The Labute approximate surface area is 131 Å². The second-order valence-electron chi connectivity index (χ2n) is 4.22. The number of pyridine rings is 1. The number of carboxylic acids is 1. The van der Waals surface area contributed by atoms with E-state index >= 15 is 0 Å². The van der Waals surface area contributed by atoms with Gasteiger partial charge in [0.15, 0.2) is 0 Å². The van der Waals surface area contributed by atoms with E-state index < -0.39 is 12.0 Å². The van der Waals surface area contributed by atoms with Crippen LogP contribution >= 0.6 is 0 Å². The summed E-state index contributed by atoms with van der Waals surface area (Å²) in [4.78, 5) is 23.8. The van der Waals surface area contributed by atoms with Crippen molar-refractivity contribution in [2.24, 2.45) is 5.73 Å². The van der Waals surface area contributed by atoms with Crippen molar-refractivity contribution in [2.45, 2.75) is 6.61 Å². The first-order valence-electron chi connectivity index (χ1n) is 6.46. The molecule has 0 aliphatic carbocycles. The van der Waals surface area contributed by atoms with Crippen molar-refractivity contribution in [1.82, 2.24) is 10.3 Å². The average molecular weight is 321 g/mol. The molecule has 0 aliphatic rings. The number of ether oxygens (including phenoxy) is 1. The van der Waals surface area contributed by atoms with Gasteiger partial charge in [-0.15, -0.1) is 0 Å². The topological polar surface area (TPSA) is 115 Å². The minimum absolute atomic E-state index is 0.0481. The number of hydrogen-bond acceptors (Lipinski definition) is 4. The zero-order chi connectivity index (χ0) is 17.2. The van der Waals surface area contributed by atoms with E-state index in [0.29, 0.717) is 11.3 Å². The maximum atomic E-state index is 12.9. The number of nitrogens with two attached hydrogens (primary N) is 1. The molecule has 0 spiro atoms. The summed E-state index contributed by atoms with van der Waals surface area (Å²) in [5, 5.41) is 10.8. The lowest BCUT2D eigenvalue weighted by atomic mass is 10.2. The molecule has 2 rings (SSSR count). The number of nitrogens with zero attached hydrogens (tertiary/aromatic N) is 1. The Morgan fingerprint density at radius 2 is 2.04 bits per heavy atom. The van der Waals surface area contributed by atoms with Crippen molar-refractivity contribution in [2.75, 3.05) is 7.05 Å². The molecule has 0 unspecified atom stereocenters. The van der Waals surface area contributed by atoms with Crippen LogP contribution in [0, 0.1) is 5.82 Å². The molecule has 122 valence electrons. The number of hydrogen-bond donors (Lipinski definition) is 3. The number of halogens is 1. The zero-order valence-electron chi connectivity index (χ0n) is 12.3. The molecule has 1 aromatic carbocycles. The third kappa shape index (κ3) is 6.89. The number of carbonyl (C=O) groups excluding carboxylic acids is 1. The molecule has 1 heterocycles. The molecule has 0 bridgehead atoms. The largest absolute Gasteiger partial charge is 0.487 e. The first-order chi connectivity index (χ1) is 10.9. The van der Waals surface area contributed by atoms with E-state index in [4.69, 9.17) is 9.84 Å². The maximum Gasteiger partial charge on any atom is 0.354 e. The van der Waals surface area contributed by atoms with Crippen LogP contribution in [-0.4, -0.2) is 29.1 Å². The van der Waals surface area contributed by atoms with E-state index in [9.17, 15) is 14.0 Å². The molecular formula is C15H16FN3O4. The Morgan fingerprint density at radius 3 is 2.52 bits per heavy atom. The van der Waals surface area contributed by atoms with Gasteiger partial charge in [0.2, 0.25) is 0 Å². The van der Waals surface area contributed by atoms with Crippen LogP contribution in [0.15, 0.2) is 42.6 Å². The number of aromatic carboxylic acids is 1. The lowest BCUT2D eigenvalue weighted by Gasteiger charge is -2.06. The highest BCUT2D eigenvalue weighted by molar-refractivity contribution is 5.85. The summed E-state index contributed by atoms with van der Waals surface area (Å²) < 4.78 is 18.3.